The van der Waals surface area contributed by atoms with Crippen molar-refractivity contribution in [1.29, 1.82) is 0 Å². The van der Waals surface area contributed by atoms with Gasteiger partial charge in [0.1, 0.15) is 11.6 Å². The molecule has 4 nitrogen and oxygen atoms in total. The molecule has 0 spiro atoms. The molecule has 2 amide bonds. The minimum Gasteiger partial charge on any atom is -0.339 e. The highest BCUT2D eigenvalue weighted by Crippen LogP contribution is 2.31. The average molecular weight is 398 g/mol. The van der Waals surface area contributed by atoms with Crippen LogP contribution in [-0.4, -0.2) is 36.3 Å². The van der Waals surface area contributed by atoms with E-state index in [1.165, 1.54) is 17.2 Å². The quantitative estimate of drug-likeness (QED) is 0.764. The topological polar surface area (TPSA) is 40.6 Å². The minimum atomic E-state index is -0.853. The lowest BCUT2D eigenvalue weighted by Gasteiger charge is -2.36. The normalized spacial score (nSPS) is 17.2. The third-order valence-corrected chi connectivity index (χ3v) is 5.91. The first-order chi connectivity index (χ1) is 13.9. The number of likely N-dealkylation sites (tertiary alicyclic amines) is 1. The monoisotopic (exact) mass is 398 g/mol. The van der Waals surface area contributed by atoms with E-state index in [9.17, 15) is 18.4 Å². The van der Waals surface area contributed by atoms with Gasteiger partial charge in [-0.05, 0) is 56.4 Å². The Hall–Kier alpha value is -2.76. The molecule has 1 saturated heterocycles. The zero-order valence-corrected chi connectivity index (χ0v) is 16.5. The van der Waals surface area contributed by atoms with E-state index in [1.54, 1.807) is 4.90 Å². The van der Waals surface area contributed by atoms with Crippen molar-refractivity contribution in [2.24, 2.45) is 5.92 Å². The number of fused-ring (bicyclic) bond motifs is 1. The molecule has 0 radical (unpaired) electrons. The van der Waals surface area contributed by atoms with E-state index in [-0.39, 0.29) is 17.4 Å². The molecular weight excluding hydrogens is 374 g/mol. The highest BCUT2D eigenvalue weighted by atomic mass is 19.1. The van der Waals surface area contributed by atoms with Crippen molar-refractivity contribution in [1.82, 2.24) is 4.90 Å². The summed E-state index contributed by atoms with van der Waals surface area (Å²) in [4.78, 5) is 29.2. The van der Waals surface area contributed by atoms with E-state index in [0.29, 0.717) is 25.9 Å². The number of amides is 2. The zero-order valence-electron chi connectivity index (χ0n) is 16.5. The van der Waals surface area contributed by atoms with E-state index in [0.717, 1.165) is 37.2 Å². The Labute approximate surface area is 169 Å². The second kappa shape index (κ2) is 7.93. The molecule has 2 aliphatic heterocycles. The van der Waals surface area contributed by atoms with Crippen LogP contribution in [0.3, 0.4) is 0 Å². The molecule has 152 valence electrons. The number of halogens is 2. The lowest BCUT2D eigenvalue weighted by molar-refractivity contribution is -0.123. The number of hydrogen-bond acceptors (Lipinski definition) is 2. The van der Waals surface area contributed by atoms with Gasteiger partial charge < -0.3 is 9.80 Å². The molecule has 4 rings (SSSR count). The predicted molar refractivity (Wildman–Crippen MR) is 107 cm³/mol. The number of carbonyl (C=O) groups excluding carboxylic acids is 2. The van der Waals surface area contributed by atoms with Crippen LogP contribution in [0.15, 0.2) is 36.4 Å². The summed E-state index contributed by atoms with van der Waals surface area (Å²) in [6.07, 6.45) is 3.02. The number of benzene rings is 2. The van der Waals surface area contributed by atoms with E-state index < -0.39 is 17.5 Å². The second-order valence-electron chi connectivity index (χ2n) is 7.92. The fourth-order valence-electron chi connectivity index (χ4n) is 4.34. The fourth-order valence-corrected chi connectivity index (χ4v) is 4.34. The fraction of sp³-hybridized carbons (Fsp3) is 0.391. The standard InChI is InChI=1S/C23H24F2N2O2/c1-15-4-7-21-17(13-15)3-2-10-27(21)22(28)16-8-11-26(12-9-16)23(29)19-6-5-18(24)14-20(19)25/h4-7,13-14,16H,2-3,8-12H2,1H3. The maximum absolute atomic E-state index is 13.9. The minimum absolute atomic E-state index is 0.106. The van der Waals surface area contributed by atoms with Crippen LogP contribution in [0.2, 0.25) is 0 Å². The first kappa shape index (κ1) is 19.6. The van der Waals surface area contributed by atoms with E-state index >= 15 is 0 Å². The summed E-state index contributed by atoms with van der Waals surface area (Å²) in [5, 5.41) is 0. The summed E-state index contributed by atoms with van der Waals surface area (Å²) >= 11 is 0. The molecule has 2 aromatic carbocycles. The lowest BCUT2D eigenvalue weighted by atomic mass is 9.92. The number of anilines is 1. The average Bonchev–Trinajstić information content (AvgIpc) is 2.72. The van der Waals surface area contributed by atoms with Gasteiger partial charge in [0.15, 0.2) is 0 Å². The summed E-state index contributed by atoms with van der Waals surface area (Å²) in [6, 6.07) is 9.19. The highest BCUT2D eigenvalue weighted by molar-refractivity contribution is 5.97. The Morgan fingerprint density at radius 2 is 1.76 bits per heavy atom. The molecule has 0 aliphatic carbocycles. The molecular formula is C23H24F2N2O2. The molecule has 0 aromatic heterocycles. The molecule has 0 atom stereocenters. The molecule has 0 bridgehead atoms. The van der Waals surface area contributed by atoms with Gasteiger partial charge in [-0.15, -0.1) is 0 Å². The molecule has 2 aliphatic rings. The molecule has 0 N–H and O–H groups in total. The smallest absolute Gasteiger partial charge is 0.256 e. The predicted octanol–water partition coefficient (Wildman–Crippen LogP) is 4.10. The van der Waals surface area contributed by atoms with Crippen LogP contribution in [0, 0.1) is 24.5 Å². The summed E-state index contributed by atoms with van der Waals surface area (Å²) in [5.74, 6) is -2.06. The number of piperidine rings is 1. The SMILES string of the molecule is Cc1ccc2c(c1)CCCN2C(=O)C1CCN(C(=O)c2ccc(F)cc2F)CC1. The van der Waals surface area contributed by atoms with Crippen LogP contribution in [0.25, 0.3) is 0 Å². The number of carbonyl (C=O) groups is 2. The summed E-state index contributed by atoms with van der Waals surface area (Å²) in [6.45, 7) is 3.55. The van der Waals surface area contributed by atoms with Gasteiger partial charge in [-0.1, -0.05) is 17.7 Å². The van der Waals surface area contributed by atoms with Gasteiger partial charge in [0, 0.05) is 37.3 Å². The molecule has 6 heteroatoms. The van der Waals surface area contributed by atoms with Crippen molar-refractivity contribution in [3.05, 3.63) is 64.7 Å². The van der Waals surface area contributed by atoms with E-state index in [4.69, 9.17) is 0 Å². The van der Waals surface area contributed by atoms with Crippen LogP contribution < -0.4 is 4.90 Å². The molecule has 0 saturated carbocycles. The number of aryl methyl sites for hydroxylation is 2. The van der Waals surface area contributed by atoms with Crippen LogP contribution in [0.4, 0.5) is 14.5 Å². The summed E-state index contributed by atoms with van der Waals surface area (Å²) in [7, 11) is 0. The van der Waals surface area contributed by atoms with Crippen LogP contribution in [0.1, 0.15) is 40.7 Å². The maximum Gasteiger partial charge on any atom is 0.256 e. The number of rotatable bonds is 2. The van der Waals surface area contributed by atoms with Gasteiger partial charge in [0.05, 0.1) is 5.56 Å². The van der Waals surface area contributed by atoms with Gasteiger partial charge in [-0.2, -0.15) is 0 Å². The Balaban J connectivity index is 1.42. The van der Waals surface area contributed by atoms with Gasteiger partial charge >= 0.3 is 0 Å². The van der Waals surface area contributed by atoms with Crippen LogP contribution >= 0.6 is 0 Å². The molecule has 1 fully saturated rings. The van der Waals surface area contributed by atoms with E-state index in [1.807, 2.05) is 17.0 Å². The summed E-state index contributed by atoms with van der Waals surface area (Å²) in [5.41, 5.74) is 3.28. The lowest BCUT2D eigenvalue weighted by Crippen LogP contribution is -2.46. The third kappa shape index (κ3) is 3.88. The second-order valence-corrected chi connectivity index (χ2v) is 7.92. The highest BCUT2D eigenvalue weighted by Gasteiger charge is 2.33. The molecule has 2 aromatic rings. The largest absolute Gasteiger partial charge is 0.339 e. The zero-order chi connectivity index (χ0) is 20.5. The first-order valence-electron chi connectivity index (χ1n) is 10.1. The Morgan fingerprint density at radius 1 is 1.00 bits per heavy atom. The van der Waals surface area contributed by atoms with Crippen molar-refractivity contribution in [3.63, 3.8) is 0 Å². The molecule has 0 unspecified atom stereocenters. The first-order valence-corrected chi connectivity index (χ1v) is 10.1. The van der Waals surface area contributed by atoms with Crippen molar-refractivity contribution in [3.8, 4) is 0 Å². The van der Waals surface area contributed by atoms with Gasteiger partial charge in [0.25, 0.3) is 5.91 Å². The Bertz CT molecular complexity index is 952. The van der Waals surface area contributed by atoms with Crippen molar-refractivity contribution >= 4 is 17.5 Å². The van der Waals surface area contributed by atoms with E-state index in [2.05, 4.69) is 13.0 Å². The van der Waals surface area contributed by atoms with Crippen LogP contribution in [0.5, 0.6) is 0 Å². The summed E-state index contributed by atoms with van der Waals surface area (Å²) < 4.78 is 27.0. The number of hydrogen-bond donors (Lipinski definition) is 0. The van der Waals surface area contributed by atoms with Gasteiger partial charge in [0.2, 0.25) is 5.91 Å². The molecule has 29 heavy (non-hydrogen) atoms. The Kier molecular flexibility index (Phi) is 5.35. The van der Waals surface area contributed by atoms with Gasteiger partial charge in [-0.3, -0.25) is 9.59 Å². The number of nitrogens with zero attached hydrogens (tertiary/aromatic N) is 2. The Morgan fingerprint density at radius 3 is 2.48 bits per heavy atom. The van der Waals surface area contributed by atoms with Crippen molar-refractivity contribution in [2.75, 3.05) is 24.5 Å². The maximum atomic E-state index is 13.9. The van der Waals surface area contributed by atoms with Gasteiger partial charge in [-0.25, -0.2) is 8.78 Å². The third-order valence-electron chi connectivity index (χ3n) is 5.91. The van der Waals surface area contributed by atoms with Crippen molar-refractivity contribution in [2.45, 2.75) is 32.6 Å². The van der Waals surface area contributed by atoms with Crippen LogP contribution in [-0.2, 0) is 11.2 Å². The molecule has 2 heterocycles. The van der Waals surface area contributed by atoms with Crippen molar-refractivity contribution < 1.29 is 18.4 Å².